The fourth-order valence-corrected chi connectivity index (χ4v) is 1.71. The molecule has 1 aromatic rings. The van der Waals surface area contributed by atoms with Crippen molar-refractivity contribution in [1.29, 1.82) is 0 Å². The third kappa shape index (κ3) is 3.47. The lowest BCUT2D eigenvalue weighted by molar-refractivity contribution is -0.385. The Hall–Kier alpha value is -0.580. The second kappa shape index (κ2) is 6.23. The summed E-state index contributed by atoms with van der Waals surface area (Å²) in [7, 11) is 0. The van der Waals surface area contributed by atoms with Crippen LogP contribution < -0.4 is 0 Å². The molecule has 1 rings (SSSR count). The molecule has 0 saturated carbocycles. The Balaban J connectivity index is 3.14. The van der Waals surface area contributed by atoms with E-state index in [0.717, 1.165) is 11.8 Å². The summed E-state index contributed by atoms with van der Waals surface area (Å²) in [6, 6.07) is 2.75. The molecule has 16 heavy (non-hydrogen) atoms. The topological polar surface area (TPSA) is 43.1 Å². The third-order valence-corrected chi connectivity index (χ3v) is 3.02. The Morgan fingerprint density at radius 1 is 1.38 bits per heavy atom. The van der Waals surface area contributed by atoms with Gasteiger partial charge < -0.3 is 0 Å². The smallest absolute Gasteiger partial charge is 0.258 e. The quantitative estimate of drug-likeness (QED) is 0.457. The van der Waals surface area contributed by atoms with Gasteiger partial charge in [0.15, 0.2) is 0 Å². The largest absolute Gasteiger partial charge is 0.278 e. The van der Waals surface area contributed by atoms with Gasteiger partial charge >= 0.3 is 0 Å². The highest BCUT2D eigenvalue weighted by molar-refractivity contribution is 9.09. The summed E-state index contributed by atoms with van der Waals surface area (Å²) >= 11 is 14.8. The predicted molar refractivity (Wildman–Crippen MR) is 70.6 cm³/mol. The predicted octanol–water partition coefficient (Wildman–Crippen LogP) is 4.70. The van der Waals surface area contributed by atoms with Crippen LogP contribution in [0.1, 0.15) is 12.0 Å². The average Bonchev–Trinajstić information content (AvgIpc) is 2.23. The molecular weight excluding hydrogens is 317 g/mol. The molecule has 0 radical (unpaired) electrons. The van der Waals surface area contributed by atoms with Gasteiger partial charge in [-0.05, 0) is 12.5 Å². The minimum Gasteiger partial charge on any atom is -0.258 e. The monoisotopic (exact) mass is 323 g/mol. The van der Waals surface area contributed by atoms with Crippen molar-refractivity contribution < 1.29 is 4.92 Å². The van der Waals surface area contributed by atoms with E-state index in [4.69, 9.17) is 23.2 Å². The van der Waals surface area contributed by atoms with E-state index in [1.165, 1.54) is 12.1 Å². The number of rotatable bonds is 4. The summed E-state index contributed by atoms with van der Waals surface area (Å²) in [5, 5.41) is 12.1. The zero-order valence-electron chi connectivity index (χ0n) is 8.12. The SMILES string of the molecule is O=[N+]([O-])c1cc(Cl)c(Cl)cc1C=CCCBr. The zero-order chi connectivity index (χ0) is 12.1. The molecule has 0 spiro atoms. The van der Waals surface area contributed by atoms with Crippen molar-refractivity contribution in [1.82, 2.24) is 0 Å². The number of nitrogens with zero attached hydrogens (tertiary/aromatic N) is 1. The summed E-state index contributed by atoms with van der Waals surface area (Å²) in [5.74, 6) is 0. The number of halogens is 3. The lowest BCUT2D eigenvalue weighted by Gasteiger charge is -2.00. The lowest BCUT2D eigenvalue weighted by Crippen LogP contribution is -1.91. The van der Waals surface area contributed by atoms with E-state index < -0.39 is 4.92 Å². The Kier molecular flexibility index (Phi) is 5.25. The van der Waals surface area contributed by atoms with Gasteiger partial charge in [-0.3, -0.25) is 10.1 Å². The minimum absolute atomic E-state index is 0.0415. The van der Waals surface area contributed by atoms with Gasteiger partial charge in [0.1, 0.15) is 0 Å². The van der Waals surface area contributed by atoms with Crippen LogP contribution in [-0.2, 0) is 0 Å². The second-order valence-electron chi connectivity index (χ2n) is 2.96. The van der Waals surface area contributed by atoms with Gasteiger partial charge in [-0.15, -0.1) is 0 Å². The summed E-state index contributed by atoms with van der Waals surface area (Å²) in [5.41, 5.74) is 0.417. The van der Waals surface area contributed by atoms with Crippen molar-refractivity contribution in [3.05, 3.63) is 43.9 Å². The lowest BCUT2D eigenvalue weighted by atomic mass is 10.1. The van der Waals surface area contributed by atoms with Crippen LogP contribution in [0.25, 0.3) is 6.08 Å². The zero-order valence-corrected chi connectivity index (χ0v) is 11.2. The Morgan fingerprint density at radius 2 is 2.00 bits per heavy atom. The molecule has 0 unspecified atom stereocenters. The minimum atomic E-state index is -0.476. The van der Waals surface area contributed by atoms with E-state index in [1.807, 2.05) is 6.08 Å². The number of allylic oxidation sites excluding steroid dienone is 1. The van der Waals surface area contributed by atoms with E-state index >= 15 is 0 Å². The fourth-order valence-electron chi connectivity index (χ4n) is 1.12. The van der Waals surface area contributed by atoms with Gasteiger partial charge in [-0.2, -0.15) is 0 Å². The molecule has 3 nitrogen and oxygen atoms in total. The molecule has 0 aromatic heterocycles. The number of nitro groups is 1. The molecule has 0 atom stereocenters. The number of hydrogen-bond acceptors (Lipinski definition) is 2. The average molecular weight is 325 g/mol. The normalized spacial score (nSPS) is 10.9. The van der Waals surface area contributed by atoms with Crippen molar-refractivity contribution in [3.63, 3.8) is 0 Å². The van der Waals surface area contributed by atoms with Gasteiger partial charge in [0.25, 0.3) is 5.69 Å². The van der Waals surface area contributed by atoms with Crippen LogP contribution in [0, 0.1) is 10.1 Å². The van der Waals surface area contributed by atoms with E-state index in [0.29, 0.717) is 10.6 Å². The van der Waals surface area contributed by atoms with Crippen LogP contribution in [-0.4, -0.2) is 10.3 Å². The van der Waals surface area contributed by atoms with Crippen molar-refractivity contribution >= 4 is 50.9 Å². The fraction of sp³-hybridized carbons (Fsp3) is 0.200. The first-order valence-electron chi connectivity index (χ1n) is 4.42. The van der Waals surface area contributed by atoms with E-state index in [9.17, 15) is 10.1 Å². The molecule has 0 heterocycles. The van der Waals surface area contributed by atoms with Crippen LogP contribution in [0.3, 0.4) is 0 Å². The number of nitro benzene ring substituents is 1. The summed E-state index contributed by atoms with van der Waals surface area (Å²) in [6.07, 6.45) is 4.29. The first kappa shape index (κ1) is 13.5. The van der Waals surface area contributed by atoms with Gasteiger partial charge in [0, 0.05) is 11.4 Å². The Bertz CT molecular complexity index is 435. The maximum atomic E-state index is 10.8. The molecular formula is C10H8BrCl2NO2. The Labute approximate surface area is 111 Å². The van der Waals surface area contributed by atoms with Crippen molar-refractivity contribution in [2.24, 2.45) is 0 Å². The maximum absolute atomic E-state index is 10.8. The van der Waals surface area contributed by atoms with Gasteiger partial charge in [-0.1, -0.05) is 51.3 Å². The van der Waals surface area contributed by atoms with Crippen LogP contribution >= 0.6 is 39.1 Å². The number of hydrogen-bond donors (Lipinski definition) is 0. The first-order chi connectivity index (χ1) is 7.56. The third-order valence-electron chi connectivity index (χ3n) is 1.84. The molecule has 0 saturated heterocycles. The number of alkyl halides is 1. The molecule has 86 valence electrons. The molecule has 0 aliphatic carbocycles. The molecule has 0 aliphatic heterocycles. The Morgan fingerprint density at radius 3 is 2.56 bits per heavy atom. The molecule has 0 amide bonds. The number of benzene rings is 1. The molecule has 1 aromatic carbocycles. The highest BCUT2D eigenvalue weighted by Crippen LogP contribution is 2.31. The molecule has 0 fully saturated rings. The van der Waals surface area contributed by atoms with Crippen LogP contribution in [0.2, 0.25) is 10.0 Å². The summed E-state index contributed by atoms with van der Waals surface area (Å²) < 4.78 is 0. The van der Waals surface area contributed by atoms with Gasteiger partial charge in [-0.25, -0.2) is 0 Å². The van der Waals surface area contributed by atoms with Gasteiger partial charge in [0.05, 0.1) is 20.5 Å². The van der Waals surface area contributed by atoms with Crippen molar-refractivity contribution in [2.75, 3.05) is 5.33 Å². The van der Waals surface area contributed by atoms with Gasteiger partial charge in [0.2, 0.25) is 0 Å². The van der Waals surface area contributed by atoms with Crippen LogP contribution in [0.5, 0.6) is 0 Å². The highest BCUT2D eigenvalue weighted by atomic mass is 79.9. The molecule has 6 heteroatoms. The molecule has 0 bridgehead atoms. The van der Waals surface area contributed by atoms with Crippen molar-refractivity contribution in [2.45, 2.75) is 6.42 Å². The standard InChI is InChI=1S/C10H8BrCl2NO2/c11-4-2-1-3-7-5-8(12)9(13)6-10(7)14(15)16/h1,3,5-6H,2,4H2. The maximum Gasteiger partial charge on any atom is 0.278 e. The highest BCUT2D eigenvalue weighted by Gasteiger charge is 2.14. The van der Waals surface area contributed by atoms with E-state index in [1.54, 1.807) is 6.08 Å². The molecule has 0 N–H and O–H groups in total. The van der Waals surface area contributed by atoms with Crippen LogP contribution in [0.15, 0.2) is 18.2 Å². The van der Waals surface area contributed by atoms with Crippen molar-refractivity contribution in [3.8, 4) is 0 Å². The molecule has 0 aliphatic rings. The summed E-state index contributed by atoms with van der Waals surface area (Å²) in [6.45, 7) is 0. The second-order valence-corrected chi connectivity index (χ2v) is 4.57. The van der Waals surface area contributed by atoms with Crippen LogP contribution in [0.4, 0.5) is 5.69 Å². The summed E-state index contributed by atoms with van der Waals surface area (Å²) in [4.78, 5) is 10.3. The first-order valence-corrected chi connectivity index (χ1v) is 6.30. The van der Waals surface area contributed by atoms with E-state index in [-0.39, 0.29) is 10.7 Å². The van der Waals surface area contributed by atoms with E-state index in [2.05, 4.69) is 15.9 Å².